The number of hydrogen-bond donors (Lipinski definition) is 2. The predicted molar refractivity (Wildman–Crippen MR) is 68.1 cm³/mol. The smallest absolute Gasteiger partial charge is 0.245 e. The Morgan fingerprint density at radius 1 is 1.16 bits per heavy atom. The van der Waals surface area contributed by atoms with Gasteiger partial charge in [-0.05, 0) is 12.1 Å². The van der Waals surface area contributed by atoms with Crippen molar-refractivity contribution in [1.82, 2.24) is 5.48 Å². The largest absolute Gasteiger partial charge is 0.493 e. The fourth-order valence-electron chi connectivity index (χ4n) is 1.55. The quantitative estimate of drug-likeness (QED) is 0.518. The third kappa shape index (κ3) is 4.01. The van der Waals surface area contributed by atoms with E-state index in [1.807, 2.05) is 0 Å². The van der Waals surface area contributed by atoms with Crippen molar-refractivity contribution < 1.29 is 23.8 Å². The van der Waals surface area contributed by atoms with Gasteiger partial charge in [0.05, 0.1) is 21.3 Å². The minimum Gasteiger partial charge on any atom is -0.493 e. The van der Waals surface area contributed by atoms with Crippen LogP contribution in [0.25, 0.3) is 0 Å². The van der Waals surface area contributed by atoms with Crippen molar-refractivity contribution in [3.8, 4) is 17.2 Å². The van der Waals surface area contributed by atoms with Crippen molar-refractivity contribution in [2.75, 3.05) is 27.9 Å². The van der Waals surface area contributed by atoms with Gasteiger partial charge in [-0.3, -0.25) is 9.63 Å². The Kier molecular flexibility index (Phi) is 5.91. The van der Waals surface area contributed by atoms with Crippen molar-refractivity contribution in [3.63, 3.8) is 0 Å². The topological polar surface area (TPSA) is 92.0 Å². The van der Waals surface area contributed by atoms with Crippen LogP contribution in [-0.4, -0.2) is 33.8 Å². The third-order valence-electron chi connectivity index (χ3n) is 2.36. The minimum atomic E-state index is -0.549. The summed E-state index contributed by atoms with van der Waals surface area (Å²) in [6, 6.07) is 3.56. The molecule has 0 saturated carbocycles. The first-order valence-corrected chi connectivity index (χ1v) is 5.54. The molecule has 0 fully saturated rings. The van der Waals surface area contributed by atoms with Gasteiger partial charge in [-0.2, -0.15) is 5.48 Å². The van der Waals surface area contributed by atoms with Crippen LogP contribution >= 0.6 is 0 Å². The summed E-state index contributed by atoms with van der Waals surface area (Å²) < 4.78 is 15.7. The van der Waals surface area contributed by atoms with E-state index in [9.17, 15) is 4.79 Å². The Morgan fingerprint density at radius 3 is 2.37 bits per heavy atom. The summed E-state index contributed by atoms with van der Waals surface area (Å²) in [6.45, 7) is 0.131. The molecule has 19 heavy (non-hydrogen) atoms. The van der Waals surface area contributed by atoms with Crippen LogP contribution in [0.5, 0.6) is 17.2 Å². The van der Waals surface area contributed by atoms with Crippen LogP contribution in [0.3, 0.4) is 0 Å². The molecule has 0 heterocycles. The van der Waals surface area contributed by atoms with E-state index in [4.69, 9.17) is 24.8 Å². The number of nitrogens with two attached hydrogens (primary N) is 1. The monoisotopic (exact) mass is 270 g/mol. The van der Waals surface area contributed by atoms with E-state index in [1.165, 1.54) is 14.2 Å². The molecule has 0 aliphatic rings. The standard InChI is InChI=1S/C12H18N2O5/c1-16-9-5-4-8(6-14-19-7-10(13)15)11(17-2)12(9)18-3/h4-5,14H,6-7H2,1-3H3,(H2,13,15). The number of rotatable bonds is 8. The number of carbonyl (C=O) groups is 1. The van der Waals surface area contributed by atoms with E-state index >= 15 is 0 Å². The maximum Gasteiger partial charge on any atom is 0.245 e. The summed E-state index contributed by atoms with van der Waals surface area (Å²) in [5.41, 5.74) is 8.36. The lowest BCUT2D eigenvalue weighted by atomic mass is 10.1. The van der Waals surface area contributed by atoms with Gasteiger partial charge in [0.15, 0.2) is 11.5 Å². The Morgan fingerprint density at radius 2 is 1.84 bits per heavy atom. The van der Waals surface area contributed by atoms with Gasteiger partial charge in [-0.25, -0.2) is 0 Å². The first-order chi connectivity index (χ1) is 9.13. The van der Waals surface area contributed by atoms with E-state index < -0.39 is 5.91 Å². The molecule has 0 atom stereocenters. The molecule has 0 aromatic heterocycles. The molecule has 7 heteroatoms. The number of methoxy groups -OCH3 is 3. The highest BCUT2D eigenvalue weighted by Gasteiger charge is 2.15. The van der Waals surface area contributed by atoms with Gasteiger partial charge in [0, 0.05) is 12.1 Å². The van der Waals surface area contributed by atoms with Crippen LogP contribution < -0.4 is 25.4 Å². The summed E-state index contributed by atoms with van der Waals surface area (Å²) in [6.07, 6.45) is 0. The average molecular weight is 270 g/mol. The number of carbonyl (C=O) groups excluding carboxylic acids is 1. The van der Waals surface area contributed by atoms with Gasteiger partial charge in [0.25, 0.3) is 0 Å². The lowest BCUT2D eigenvalue weighted by molar-refractivity contribution is -0.125. The zero-order chi connectivity index (χ0) is 14.3. The molecule has 0 spiro atoms. The van der Waals surface area contributed by atoms with Crippen LogP contribution in [0.4, 0.5) is 0 Å². The number of hydrogen-bond acceptors (Lipinski definition) is 6. The fourth-order valence-corrected chi connectivity index (χ4v) is 1.55. The van der Waals surface area contributed by atoms with E-state index in [-0.39, 0.29) is 6.61 Å². The second-order valence-corrected chi connectivity index (χ2v) is 3.57. The molecule has 1 aromatic rings. The van der Waals surface area contributed by atoms with Gasteiger partial charge in [0.2, 0.25) is 11.7 Å². The highest BCUT2D eigenvalue weighted by Crippen LogP contribution is 2.39. The summed E-state index contributed by atoms with van der Waals surface area (Å²) in [5, 5.41) is 0. The molecular weight excluding hydrogens is 252 g/mol. The van der Waals surface area contributed by atoms with Gasteiger partial charge in [0.1, 0.15) is 6.61 Å². The van der Waals surface area contributed by atoms with Crippen molar-refractivity contribution in [1.29, 1.82) is 0 Å². The van der Waals surface area contributed by atoms with Gasteiger partial charge >= 0.3 is 0 Å². The maximum atomic E-state index is 10.5. The van der Waals surface area contributed by atoms with Gasteiger partial charge < -0.3 is 19.9 Å². The molecule has 0 radical (unpaired) electrons. The van der Waals surface area contributed by atoms with Crippen molar-refractivity contribution in [2.45, 2.75) is 6.54 Å². The highest BCUT2D eigenvalue weighted by molar-refractivity contribution is 5.74. The third-order valence-corrected chi connectivity index (χ3v) is 2.36. The SMILES string of the molecule is COc1ccc(CNOCC(N)=O)c(OC)c1OC. The lowest BCUT2D eigenvalue weighted by Crippen LogP contribution is -2.24. The number of hydroxylamine groups is 1. The summed E-state index contributed by atoms with van der Waals surface area (Å²) in [4.78, 5) is 15.4. The summed E-state index contributed by atoms with van der Waals surface area (Å²) >= 11 is 0. The van der Waals surface area contributed by atoms with E-state index in [2.05, 4.69) is 5.48 Å². The predicted octanol–water partition coefficient (Wildman–Crippen LogP) is 0.219. The lowest BCUT2D eigenvalue weighted by Gasteiger charge is -2.15. The van der Waals surface area contributed by atoms with Gasteiger partial charge in [-0.15, -0.1) is 0 Å². The molecule has 7 nitrogen and oxygen atoms in total. The Balaban J connectivity index is 2.80. The molecule has 1 aromatic carbocycles. The Labute approximate surface area is 111 Å². The molecule has 106 valence electrons. The zero-order valence-corrected chi connectivity index (χ0v) is 11.2. The van der Waals surface area contributed by atoms with Crippen LogP contribution in [-0.2, 0) is 16.2 Å². The molecule has 3 N–H and O–H groups in total. The molecule has 1 amide bonds. The zero-order valence-electron chi connectivity index (χ0n) is 11.2. The molecule has 0 aliphatic carbocycles. The second-order valence-electron chi connectivity index (χ2n) is 3.57. The van der Waals surface area contributed by atoms with E-state index in [0.717, 1.165) is 5.56 Å². The molecule has 0 unspecified atom stereocenters. The number of nitrogens with one attached hydrogen (secondary N) is 1. The molecule has 1 rings (SSSR count). The van der Waals surface area contributed by atoms with E-state index in [1.54, 1.807) is 19.2 Å². The normalized spacial score (nSPS) is 10.1. The average Bonchev–Trinajstić information content (AvgIpc) is 2.42. The van der Waals surface area contributed by atoms with Crippen molar-refractivity contribution >= 4 is 5.91 Å². The van der Waals surface area contributed by atoms with Crippen LogP contribution in [0.15, 0.2) is 12.1 Å². The van der Waals surface area contributed by atoms with E-state index in [0.29, 0.717) is 23.8 Å². The second kappa shape index (κ2) is 7.45. The minimum absolute atomic E-state index is 0.199. The number of benzene rings is 1. The van der Waals surface area contributed by atoms with Gasteiger partial charge in [-0.1, -0.05) is 0 Å². The summed E-state index contributed by atoms with van der Waals surface area (Å²) in [7, 11) is 4.61. The Hall–Kier alpha value is -1.99. The Bertz CT molecular complexity index is 436. The first-order valence-electron chi connectivity index (χ1n) is 5.54. The van der Waals surface area contributed by atoms with Crippen molar-refractivity contribution in [2.24, 2.45) is 5.73 Å². The molecule has 0 aliphatic heterocycles. The van der Waals surface area contributed by atoms with Crippen LogP contribution in [0, 0.1) is 0 Å². The molecule has 0 saturated heterocycles. The van der Waals surface area contributed by atoms with Crippen LogP contribution in [0.1, 0.15) is 5.56 Å². The first kappa shape index (κ1) is 15.1. The highest BCUT2D eigenvalue weighted by atomic mass is 16.6. The maximum absolute atomic E-state index is 10.5. The number of ether oxygens (including phenoxy) is 3. The summed E-state index contributed by atoms with van der Waals surface area (Å²) in [5.74, 6) is 1.06. The van der Waals surface area contributed by atoms with Crippen molar-refractivity contribution in [3.05, 3.63) is 17.7 Å². The van der Waals surface area contributed by atoms with Crippen LogP contribution in [0.2, 0.25) is 0 Å². The molecular formula is C12H18N2O5. The number of amides is 1. The fraction of sp³-hybridized carbons (Fsp3) is 0.417. The molecule has 0 bridgehead atoms. The number of primary amides is 1.